The van der Waals surface area contributed by atoms with Crippen LogP contribution in [0.25, 0.3) is 0 Å². The smallest absolute Gasteiger partial charge is 0.207 e. The van der Waals surface area contributed by atoms with Crippen molar-refractivity contribution in [3.63, 3.8) is 0 Å². The van der Waals surface area contributed by atoms with Crippen molar-refractivity contribution in [1.29, 1.82) is 0 Å². The Morgan fingerprint density at radius 1 is 1.00 bits per heavy atom. The molecule has 30 heavy (non-hydrogen) atoms. The summed E-state index contributed by atoms with van der Waals surface area (Å²) >= 11 is 13.4. The van der Waals surface area contributed by atoms with Crippen LogP contribution in [-0.4, -0.2) is 12.3 Å². The molecule has 160 valence electrons. The van der Waals surface area contributed by atoms with Crippen molar-refractivity contribution in [1.82, 2.24) is 0 Å². The summed E-state index contributed by atoms with van der Waals surface area (Å²) in [4.78, 5) is 0. The average Bonchev–Trinajstić information content (AvgIpc) is 3.09. The van der Waals surface area contributed by atoms with E-state index in [1.165, 1.54) is 0 Å². The summed E-state index contributed by atoms with van der Waals surface area (Å²) in [5.74, 6) is 2.10. The number of aryl methyl sites for hydroxylation is 1. The predicted molar refractivity (Wildman–Crippen MR) is 132 cm³/mol. The van der Waals surface area contributed by atoms with Gasteiger partial charge in [-0.05, 0) is 71.4 Å². The molecule has 3 aromatic rings. The summed E-state index contributed by atoms with van der Waals surface area (Å²) in [5, 5.41) is 0.180. The zero-order valence-corrected chi connectivity index (χ0v) is 22.2. The van der Waals surface area contributed by atoms with E-state index in [1.807, 2.05) is 37.3 Å². The van der Waals surface area contributed by atoms with E-state index in [0.29, 0.717) is 27.7 Å². The number of halogens is 3. The van der Waals surface area contributed by atoms with Crippen molar-refractivity contribution < 1.29 is 13.7 Å². The molecule has 0 radical (unpaired) electrons. The molecule has 1 atom stereocenters. The van der Waals surface area contributed by atoms with Crippen molar-refractivity contribution in [2.75, 3.05) is 7.11 Å². The van der Waals surface area contributed by atoms with Crippen LogP contribution >= 0.6 is 50.7 Å². The van der Waals surface area contributed by atoms with Crippen LogP contribution in [0.15, 0.2) is 66.6 Å². The van der Waals surface area contributed by atoms with Gasteiger partial charge >= 0.3 is 0 Å². The molecule has 0 fully saturated rings. The van der Waals surface area contributed by atoms with Gasteiger partial charge in [-0.1, -0.05) is 48.3 Å². The summed E-state index contributed by atoms with van der Waals surface area (Å²) in [6.45, 7) is 8.22. The topological polar surface area (TPSA) is 44.0 Å². The molecule has 0 aliphatic heterocycles. The number of nitrogens with zero attached hydrogens (tertiary/aromatic N) is 1. The lowest BCUT2D eigenvalue weighted by molar-refractivity contribution is 0.416. The highest BCUT2D eigenvalue weighted by Crippen LogP contribution is 2.63. The summed E-state index contributed by atoms with van der Waals surface area (Å²) in [6.07, 6.45) is 0. The SMILES string of the molecule is COc1ccc(Cl)cc1N=[P@@](Oc1ccc(Br)cc1Br)(c1ccc(C)o1)C(C)(C)C. The first-order chi connectivity index (χ1) is 14.1. The molecule has 1 aromatic heterocycles. The second-order valence-electron chi connectivity index (χ2n) is 7.71. The molecule has 0 saturated carbocycles. The molecule has 0 N–H and O–H groups in total. The lowest BCUT2D eigenvalue weighted by atomic mass is 10.3. The van der Waals surface area contributed by atoms with E-state index in [4.69, 9.17) is 30.0 Å². The highest BCUT2D eigenvalue weighted by atomic mass is 79.9. The van der Waals surface area contributed by atoms with Crippen LogP contribution in [0.4, 0.5) is 5.69 Å². The van der Waals surface area contributed by atoms with Crippen molar-refractivity contribution in [2.45, 2.75) is 32.9 Å². The molecule has 0 aliphatic carbocycles. The summed E-state index contributed by atoms with van der Waals surface area (Å²) in [6, 6.07) is 15.0. The number of hydrogen-bond acceptors (Lipinski definition) is 4. The Bertz CT molecular complexity index is 1120. The first kappa shape index (κ1) is 23.5. The lowest BCUT2D eigenvalue weighted by Gasteiger charge is -2.35. The maximum absolute atomic E-state index is 6.78. The molecular weight excluding hydrogens is 552 g/mol. The second kappa shape index (κ2) is 9.12. The molecule has 1 heterocycles. The van der Waals surface area contributed by atoms with Crippen LogP contribution in [0, 0.1) is 6.92 Å². The van der Waals surface area contributed by atoms with Crippen LogP contribution in [0.1, 0.15) is 26.5 Å². The van der Waals surface area contributed by atoms with Crippen LogP contribution < -0.4 is 14.8 Å². The number of ether oxygens (including phenoxy) is 1. The monoisotopic (exact) mass is 573 g/mol. The Balaban J connectivity index is 2.36. The molecule has 8 heteroatoms. The summed E-state index contributed by atoms with van der Waals surface area (Å²) in [7, 11) is -1.17. The zero-order chi connectivity index (χ0) is 22.1. The second-order valence-corrected chi connectivity index (χ2v) is 13.2. The van der Waals surface area contributed by atoms with E-state index in [1.54, 1.807) is 25.3 Å². The lowest BCUT2D eigenvalue weighted by Crippen LogP contribution is -2.26. The Morgan fingerprint density at radius 3 is 2.27 bits per heavy atom. The van der Waals surface area contributed by atoms with Crippen molar-refractivity contribution >= 4 is 61.9 Å². The highest BCUT2D eigenvalue weighted by Gasteiger charge is 2.42. The zero-order valence-electron chi connectivity index (χ0n) is 17.4. The standard InChI is InChI=1S/C22H23Br2ClNO3P/c1-14-6-11-21(28-14)30(22(2,3)4,29-19-9-7-15(23)12-17(19)24)26-18-13-16(25)8-10-20(18)27-5/h6-13H,1-5H3/t30-/m1/s1. The van der Waals surface area contributed by atoms with Crippen molar-refractivity contribution in [3.05, 3.63) is 68.3 Å². The van der Waals surface area contributed by atoms with Gasteiger partial charge in [-0.2, -0.15) is 0 Å². The van der Waals surface area contributed by atoms with E-state index in [-0.39, 0.29) is 0 Å². The summed E-state index contributed by atoms with van der Waals surface area (Å²) in [5.41, 5.74) is 1.32. The molecular formula is C22H23Br2ClNO3P. The van der Waals surface area contributed by atoms with Crippen LogP contribution in [0.2, 0.25) is 5.02 Å². The van der Waals surface area contributed by atoms with Gasteiger partial charge in [0.15, 0.2) is 5.50 Å². The van der Waals surface area contributed by atoms with Gasteiger partial charge in [0.1, 0.15) is 22.9 Å². The minimum Gasteiger partial charge on any atom is -0.494 e. The highest BCUT2D eigenvalue weighted by molar-refractivity contribution is 9.11. The van der Waals surface area contributed by atoms with Crippen molar-refractivity contribution in [2.24, 2.45) is 4.74 Å². The van der Waals surface area contributed by atoms with E-state index < -0.39 is 12.4 Å². The molecule has 0 amide bonds. The van der Waals surface area contributed by atoms with E-state index in [9.17, 15) is 0 Å². The molecule has 2 aromatic carbocycles. The Hall–Kier alpha value is -1.20. The minimum atomic E-state index is -2.78. The first-order valence-electron chi connectivity index (χ1n) is 9.23. The fourth-order valence-electron chi connectivity index (χ4n) is 2.90. The number of furan rings is 1. The van der Waals surface area contributed by atoms with E-state index in [0.717, 1.165) is 14.7 Å². The van der Waals surface area contributed by atoms with Gasteiger partial charge in [-0.3, -0.25) is 0 Å². The molecule has 0 saturated heterocycles. The first-order valence-corrected chi connectivity index (χ1v) is 12.9. The van der Waals surface area contributed by atoms with Gasteiger partial charge in [-0.25, -0.2) is 4.74 Å². The molecule has 3 rings (SSSR count). The van der Waals surface area contributed by atoms with E-state index >= 15 is 0 Å². The van der Waals surface area contributed by atoms with Gasteiger partial charge in [0.25, 0.3) is 0 Å². The van der Waals surface area contributed by atoms with Crippen LogP contribution in [0.3, 0.4) is 0 Å². The van der Waals surface area contributed by atoms with Crippen molar-refractivity contribution in [3.8, 4) is 11.5 Å². The van der Waals surface area contributed by atoms with Crippen LogP contribution in [0.5, 0.6) is 11.5 Å². The fraction of sp³-hybridized carbons (Fsp3) is 0.273. The maximum Gasteiger partial charge on any atom is 0.207 e. The normalized spacial score (nSPS) is 13.6. The Morgan fingerprint density at radius 2 is 1.70 bits per heavy atom. The average molecular weight is 576 g/mol. The number of methoxy groups -OCH3 is 1. The Kier molecular flexibility index (Phi) is 7.13. The number of hydrogen-bond donors (Lipinski definition) is 0. The predicted octanol–water partition coefficient (Wildman–Crippen LogP) is 8.73. The largest absolute Gasteiger partial charge is 0.494 e. The molecule has 0 aliphatic rings. The van der Waals surface area contributed by atoms with Gasteiger partial charge in [0.2, 0.25) is 7.28 Å². The van der Waals surface area contributed by atoms with Gasteiger partial charge in [-0.15, -0.1) is 0 Å². The quantitative estimate of drug-likeness (QED) is 0.286. The fourth-order valence-corrected chi connectivity index (χ4v) is 7.23. The maximum atomic E-state index is 6.78. The van der Waals surface area contributed by atoms with Gasteiger partial charge in [0.05, 0.1) is 11.6 Å². The third kappa shape index (κ3) is 4.83. The molecule has 0 bridgehead atoms. The molecule has 4 nitrogen and oxygen atoms in total. The van der Waals surface area contributed by atoms with E-state index in [2.05, 4.69) is 52.6 Å². The van der Waals surface area contributed by atoms with Crippen LogP contribution in [-0.2, 0) is 0 Å². The van der Waals surface area contributed by atoms with Gasteiger partial charge in [0, 0.05) is 14.7 Å². The molecule has 0 spiro atoms. The third-order valence-corrected chi connectivity index (χ3v) is 9.41. The number of rotatable bonds is 5. The molecule has 0 unspecified atom stereocenters. The minimum absolute atomic E-state index is 0.392. The number of benzene rings is 2. The Labute approximate surface area is 199 Å². The third-order valence-electron chi connectivity index (χ3n) is 4.45. The van der Waals surface area contributed by atoms with Gasteiger partial charge < -0.3 is 13.7 Å². The summed E-state index contributed by atoms with van der Waals surface area (Å²) < 4.78 is 25.4.